The molecule has 0 fully saturated rings. The van der Waals surface area contributed by atoms with Crippen LogP contribution in [0.5, 0.6) is 0 Å². The topological polar surface area (TPSA) is 127 Å². The fourth-order valence-electron chi connectivity index (χ4n) is 1.40. The molecule has 0 unspecified atom stereocenters. The second-order valence-electron chi connectivity index (χ2n) is 3.78. The number of thiophene rings is 1. The Kier molecular flexibility index (Phi) is 5.13. The van der Waals surface area contributed by atoms with Crippen LogP contribution in [0.2, 0.25) is 0 Å². The van der Waals surface area contributed by atoms with Crippen LogP contribution in [0.25, 0.3) is 10.7 Å². The van der Waals surface area contributed by atoms with E-state index in [0.29, 0.717) is 23.9 Å². The maximum Gasteiger partial charge on any atom is 0.227 e. The third-order valence-corrected chi connectivity index (χ3v) is 3.94. The third-order valence-electron chi connectivity index (χ3n) is 2.21. The van der Waals surface area contributed by atoms with E-state index in [1.807, 2.05) is 17.5 Å². The summed E-state index contributed by atoms with van der Waals surface area (Å²) in [6.07, 6.45) is 1.47. The molecule has 0 aliphatic heterocycles. The fourth-order valence-corrected chi connectivity index (χ4v) is 2.71. The maximum absolute atomic E-state index is 7.47. The number of aromatic nitrogens is 2. The largest absolute Gasteiger partial charge is 0.370 e. The molecule has 0 amide bonds. The Morgan fingerprint density at radius 1 is 1.50 bits per heavy atom. The first-order chi connectivity index (χ1) is 9.65. The monoisotopic (exact) mass is 310 g/mol. The van der Waals surface area contributed by atoms with Gasteiger partial charge in [-0.1, -0.05) is 23.0 Å². The number of nitrogens with one attached hydrogen (secondary N) is 1. The van der Waals surface area contributed by atoms with Crippen molar-refractivity contribution in [2.45, 2.75) is 12.8 Å². The highest BCUT2D eigenvalue weighted by Crippen LogP contribution is 2.21. The molecule has 2 heterocycles. The number of aryl methyl sites for hydroxylation is 1. The summed E-state index contributed by atoms with van der Waals surface area (Å²) in [6.45, 7) is 0. The molecule has 0 aliphatic rings. The van der Waals surface area contributed by atoms with E-state index in [9.17, 15) is 0 Å². The summed E-state index contributed by atoms with van der Waals surface area (Å²) >= 11 is 2.85. The van der Waals surface area contributed by atoms with Gasteiger partial charge in [-0.3, -0.25) is 5.41 Å². The van der Waals surface area contributed by atoms with Gasteiger partial charge in [-0.25, -0.2) is 0 Å². The van der Waals surface area contributed by atoms with E-state index in [1.54, 1.807) is 11.3 Å². The van der Waals surface area contributed by atoms with Gasteiger partial charge in [0.2, 0.25) is 11.7 Å². The summed E-state index contributed by atoms with van der Waals surface area (Å²) in [5, 5.41) is 13.5. The number of nitrogens with zero attached hydrogens (tertiary/aromatic N) is 3. The minimum atomic E-state index is -0.0972. The van der Waals surface area contributed by atoms with Gasteiger partial charge < -0.3 is 16.0 Å². The van der Waals surface area contributed by atoms with Crippen LogP contribution in [0, 0.1) is 5.41 Å². The number of hydrogen-bond donors (Lipinski definition) is 3. The molecule has 2 aromatic heterocycles. The molecule has 0 saturated heterocycles. The Hall–Kier alpha value is -1.87. The number of hydrogen-bond acceptors (Lipinski definition) is 6. The lowest BCUT2D eigenvalue weighted by atomic mass is 10.3. The SMILES string of the molecule is N=C(N=C(N)N)SCCCc1nc(-c2cccs2)no1. The predicted molar refractivity (Wildman–Crippen MR) is 81.9 cm³/mol. The van der Waals surface area contributed by atoms with Crippen molar-refractivity contribution in [2.75, 3.05) is 5.75 Å². The summed E-state index contributed by atoms with van der Waals surface area (Å²) in [4.78, 5) is 8.94. The van der Waals surface area contributed by atoms with Crippen molar-refractivity contribution in [3.63, 3.8) is 0 Å². The van der Waals surface area contributed by atoms with E-state index in [1.165, 1.54) is 11.8 Å². The van der Waals surface area contributed by atoms with Gasteiger partial charge in [0.05, 0.1) is 4.88 Å². The Labute approximate surface area is 124 Å². The van der Waals surface area contributed by atoms with Gasteiger partial charge in [0.25, 0.3) is 0 Å². The standard InChI is InChI=1S/C11H14N6OS2/c12-10(13)16-11(14)20-6-2-4-8-15-9(17-18-8)7-3-1-5-19-7/h1,3,5H,2,4,6H2,(H5,12,13,14,16). The Morgan fingerprint density at radius 3 is 3.05 bits per heavy atom. The second kappa shape index (κ2) is 7.06. The molecule has 0 radical (unpaired) electrons. The molecule has 5 N–H and O–H groups in total. The van der Waals surface area contributed by atoms with Crippen molar-refractivity contribution in [1.82, 2.24) is 10.1 Å². The predicted octanol–water partition coefficient (Wildman–Crippen LogP) is 1.67. The first kappa shape index (κ1) is 14.5. The second-order valence-corrected chi connectivity index (χ2v) is 5.81. The van der Waals surface area contributed by atoms with E-state index in [4.69, 9.17) is 21.4 Å². The van der Waals surface area contributed by atoms with Gasteiger partial charge in [-0.05, 0) is 17.9 Å². The molecule has 20 heavy (non-hydrogen) atoms. The molecule has 2 rings (SSSR count). The average Bonchev–Trinajstić information content (AvgIpc) is 3.04. The van der Waals surface area contributed by atoms with Crippen LogP contribution in [0.15, 0.2) is 27.0 Å². The van der Waals surface area contributed by atoms with Gasteiger partial charge in [0, 0.05) is 12.2 Å². The lowest BCUT2D eigenvalue weighted by Crippen LogP contribution is -2.23. The summed E-state index contributed by atoms with van der Waals surface area (Å²) in [5.74, 6) is 1.84. The Bertz CT molecular complexity index is 588. The molecule has 0 spiro atoms. The zero-order valence-corrected chi connectivity index (χ0v) is 12.2. The van der Waals surface area contributed by atoms with Crippen molar-refractivity contribution >= 4 is 34.2 Å². The lowest BCUT2D eigenvalue weighted by Gasteiger charge is -1.97. The van der Waals surface area contributed by atoms with Gasteiger partial charge >= 0.3 is 0 Å². The molecule has 0 saturated carbocycles. The lowest BCUT2D eigenvalue weighted by molar-refractivity contribution is 0.378. The molecule has 9 heteroatoms. The molecular formula is C11H14N6OS2. The van der Waals surface area contributed by atoms with Crippen LogP contribution in [-0.4, -0.2) is 27.0 Å². The molecule has 106 valence electrons. The summed E-state index contributed by atoms with van der Waals surface area (Å²) in [5.41, 5.74) is 10.4. The minimum absolute atomic E-state index is 0.0972. The Morgan fingerprint density at radius 2 is 2.35 bits per heavy atom. The van der Waals surface area contributed by atoms with Crippen LogP contribution >= 0.6 is 23.1 Å². The van der Waals surface area contributed by atoms with Crippen LogP contribution in [0.1, 0.15) is 12.3 Å². The third kappa shape index (κ3) is 4.35. The molecule has 0 bridgehead atoms. The smallest absolute Gasteiger partial charge is 0.227 e. The normalized spacial score (nSPS) is 10.4. The van der Waals surface area contributed by atoms with Crippen LogP contribution < -0.4 is 11.5 Å². The Balaban J connectivity index is 1.75. The molecule has 0 aromatic carbocycles. The highest BCUT2D eigenvalue weighted by atomic mass is 32.2. The summed E-state index contributed by atoms with van der Waals surface area (Å²) in [6, 6.07) is 3.90. The van der Waals surface area contributed by atoms with Crippen molar-refractivity contribution in [1.29, 1.82) is 5.41 Å². The van der Waals surface area contributed by atoms with Crippen molar-refractivity contribution in [3.05, 3.63) is 23.4 Å². The van der Waals surface area contributed by atoms with Gasteiger partial charge in [-0.2, -0.15) is 9.98 Å². The van der Waals surface area contributed by atoms with E-state index in [0.717, 1.165) is 11.3 Å². The number of rotatable bonds is 5. The first-order valence-corrected chi connectivity index (χ1v) is 7.69. The van der Waals surface area contributed by atoms with Crippen molar-refractivity contribution in [3.8, 4) is 10.7 Å². The molecule has 0 aliphatic carbocycles. The van der Waals surface area contributed by atoms with E-state index in [-0.39, 0.29) is 11.1 Å². The molecule has 2 aromatic rings. The van der Waals surface area contributed by atoms with Gasteiger partial charge in [-0.15, -0.1) is 11.3 Å². The van der Waals surface area contributed by atoms with Gasteiger partial charge in [0.15, 0.2) is 11.1 Å². The number of amidine groups is 1. The highest BCUT2D eigenvalue weighted by molar-refractivity contribution is 8.13. The molecule has 7 nitrogen and oxygen atoms in total. The van der Waals surface area contributed by atoms with E-state index < -0.39 is 0 Å². The first-order valence-electron chi connectivity index (χ1n) is 5.82. The van der Waals surface area contributed by atoms with Crippen LogP contribution in [0.4, 0.5) is 0 Å². The van der Waals surface area contributed by atoms with Crippen molar-refractivity contribution in [2.24, 2.45) is 16.5 Å². The zero-order chi connectivity index (χ0) is 14.4. The van der Waals surface area contributed by atoms with Crippen molar-refractivity contribution < 1.29 is 4.52 Å². The van der Waals surface area contributed by atoms with Crippen LogP contribution in [0.3, 0.4) is 0 Å². The highest BCUT2D eigenvalue weighted by Gasteiger charge is 2.09. The number of aliphatic imine (C=N–C) groups is 1. The zero-order valence-electron chi connectivity index (χ0n) is 10.6. The maximum atomic E-state index is 7.47. The fraction of sp³-hybridized carbons (Fsp3) is 0.273. The number of guanidine groups is 1. The van der Waals surface area contributed by atoms with E-state index >= 15 is 0 Å². The summed E-state index contributed by atoms with van der Waals surface area (Å²) in [7, 11) is 0. The van der Waals surface area contributed by atoms with E-state index in [2.05, 4.69) is 15.1 Å². The summed E-state index contributed by atoms with van der Waals surface area (Å²) < 4.78 is 5.18. The average molecular weight is 310 g/mol. The van der Waals surface area contributed by atoms with Gasteiger partial charge in [0.1, 0.15) is 0 Å². The molecular weight excluding hydrogens is 296 g/mol. The van der Waals surface area contributed by atoms with Crippen LogP contribution in [-0.2, 0) is 6.42 Å². The minimum Gasteiger partial charge on any atom is -0.370 e. The quantitative estimate of drug-likeness (QED) is 0.438. The molecule has 0 atom stereocenters. The number of thioether (sulfide) groups is 1. The number of nitrogens with two attached hydrogens (primary N) is 2.